The Balaban J connectivity index is 1.87. The molecule has 0 heterocycles. The van der Waals surface area contributed by atoms with Crippen LogP contribution in [0.25, 0.3) is 0 Å². The van der Waals surface area contributed by atoms with E-state index in [9.17, 15) is 4.39 Å². The highest BCUT2D eigenvalue weighted by Crippen LogP contribution is 2.49. The minimum atomic E-state index is -0.195. The largest absolute Gasteiger partial charge is 0.302 e. The molecule has 0 aromatic heterocycles. The first-order chi connectivity index (χ1) is 8.13. The summed E-state index contributed by atoms with van der Waals surface area (Å²) in [4.78, 5) is 2.22. The summed E-state index contributed by atoms with van der Waals surface area (Å²) in [6.07, 6.45) is 2.98. The third kappa shape index (κ3) is 3.28. The smallest absolute Gasteiger partial charge is 0.123 e. The van der Waals surface area contributed by atoms with Gasteiger partial charge in [-0.15, -0.1) is 0 Å². The Kier molecular flexibility index (Phi) is 3.44. The van der Waals surface area contributed by atoms with E-state index in [1.807, 2.05) is 12.1 Å². The minimum Gasteiger partial charge on any atom is -0.302 e. The van der Waals surface area contributed by atoms with E-state index in [0.717, 1.165) is 31.5 Å². The van der Waals surface area contributed by atoms with Crippen LogP contribution in [-0.2, 0) is 6.54 Å². The number of nitrogens with zero attached hydrogens (tertiary/aromatic N) is 2. The van der Waals surface area contributed by atoms with E-state index in [-0.39, 0.29) is 11.2 Å². The van der Waals surface area contributed by atoms with Crippen molar-refractivity contribution in [2.45, 2.75) is 25.8 Å². The van der Waals surface area contributed by atoms with Crippen molar-refractivity contribution < 1.29 is 4.39 Å². The van der Waals surface area contributed by atoms with Crippen LogP contribution < -0.4 is 0 Å². The van der Waals surface area contributed by atoms with Gasteiger partial charge in [0.05, 0.1) is 6.07 Å². The maximum Gasteiger partial charge on any atom is 0.123 e. The van der Waals surface area contributed by atoms with E-state index in [4.69, 9.17) is 5.26 Å². The monoisotopic (exact) mass is 232 g/mol. The first kappa shape index (κ1) is 12.1. The summed E-state index contributed by atoms with van der Waals surface area (Å²) in [5, 5.41) is 8.76. The lowest BCUT2D eigenvalue weighted by Crippen LogP contribution is -2.26. The van der Waals surface area contributed by atoms with Crippen molar-refractivity contribution in [3.63, 3.8) is 0 Å². The number of nitriles is 1. The molecule has 0 N–H and O–H groups in total. The van der Waals surface area contributed by atoms with Gasteiger partial charge < -0.3 is 4.90 Å². The highest BCUT2D eigenvalue weighted by molar-refractivity contribution is 5.16. The molecule has 1 aromatic carbocycles. The summed E-state index contributed by atoms with van der Waals surface area (Å²) >= 11 is 0. The van der Waals surface area contributed by atoms with Crippen molar-refractivity contribution in [1.82, 2.24) is 4.90 Å². The fourth-order valence-electron chi connectivity index (χ4n) is 2.27. The molecule has 0 unspecified atom stereocenters. The third-order valence-corrected chi connectivity index (χ3v) is 3.38. The Morgan fingerprint density at radius 1 is 1.35 bits per heavy atom. The average Bonchev–Trinajstić information content (AvgIpc) is 3.02. The first-order valence-electron chi connectivity index (χ1n) is 5.93. The summed E-state index contributed by atoms with van der Waals surface area (Å²) < 4.78 is 12.8. The third-order valence-electron chi connectivity index (χ3n) is 3.38. The highest BCUT2D eigenvalue weighted by Gasteiger charge is 2.42. The van der Waals surface area contributed by atoms with Crippen LogP contribution in [-0.4, -0.2) is 18.5 Å². The predicted octanol–water partition coefficient (Wildman–Crippen LogP) is 2.95. The van der Waals surface area contributed by atoms with Crippen LogP contribution in [0.15, 0.2) is 24.3 Å². The molecule has 1 fully saturated rings. The Bertz CT molecular complexity index is 415. The molecule has 0 aliphatic heterocycles. The molecule has 90 valence electrons. The summed E-state index contributed by atoms with van der Waals surface area (Å²) in [7, 11) is 2.06. The number of rotatable bonds is 5. The molecule has 1 aliphatic carbocycles. The lowest BCUT2D eigenvalue weighted by atomic mass is 10.0. The summed E-state index contributed by atoms with van der Waals surface area (Å²) in [6.45, 7) is 1.77. The number of hydrogen-bond donors (Lipinski definition) is 0. The fourth-order valence-corrected chi connectivity index (χ4v) is 2.27. The van der Waals surface area contributed by atoms with Gasteiger partial charge in [0.1, 0.15) is 5.82 Å². The minimum absolute atomic E-state index is 0.195. The van der Waals surface area contributed by atoms with E-state index in [0.29, 0.717) is 6.42 Å². The van der Waals surface area contributed by atoms with Crippen LogP contribution in [0.2, 0.25) is 0 Å². The highest BCUT2D eigenvalue weighted by atomic mass is 19.1. The van der Waals surface area contributed by atoms with Gasteiger partial charge in [-0.3, -0.25) is 0 Å². The van der Waals surface area contributed by atoms with E-state index in [1.54, 1.807) is 0 Å². The van der Waals surface area contributed by atoms with Gasteiger partial charge in [0.25, 0.3) is 0 Å². The predicted molar refractivity (Wildman–Crippen MR) is 64.6 cm³/mol. The maximum atomic E-state index is 12.8. The van der Waals surface area contributed by atoms with Gasteiger partial charge >= 0.3 is 0 Å². The van der Waals surface area contributed by atoms with Gasteiger partial charge in [-0.05, 0) is 43.0 Å². The van der Waals surface area contributed by atoms with Crippen LogP contribution in [0, 0.1) is 22.6 Å². The molecule has 1 saturated carbocycles. The molecule has 1 aromatic rings. The fraction of sp³-hybridized carbons (Fsp3) is 0.500. The summed E-state index contributed by atoms with van der Waals surface area (Å²) in [6, 6.07) is 8.88. The van der Waals surface area contributed by atoms with Crippen LogP contribution in [0.4, 0.5) is 4.39 Å². The second-order valence-corrected chi connectivity index (χ2v) is 5.13. The van der Waals surface area contributed by atoms with E-state index in [2.05, 4.69) is 18.0 Å². The van der Waals surface area contributed by atoms with Gasteiger partial charge in [0.15, 0.2) is 0 Å². The molecular weight excluding hydrogens is 215 g/mol. The Hall–Kier alpha value is -1.40. The molecule has 0 amide bonds. The summed E-state index contributed by atoms with van der Waals surface area (Å²) in [5.41, 5.74) is 1.35. The standard InChI is InChI=1S/C14H17FN2/c1-17(11-14(6-7-14)8-9-16)10-12-2-4-13(15)5-3-12/h2-5H,6-8,10-11H2,1H3. The normalized spacial score (nSPS) is 16.8. The molecule has 2 rings (SSSR count). The Morgan fingerprint density at radius 2 is 2.00 bits per heavy atom. The van der Waals surface area contributed by atoms with E-state index >= 15 is 0 Å². The molecule has 1 aliphatic rings. The van der Waals surface area contributed by atoms with Crippen molar-refractivity contribution in [3.05, 3.63) is 35.6 Å². The molecule has 2 nitrogen and oxygen atoms in total. The van der Waals surface area contributed by atoms with Gasteiger partial charge in [0, 0.05) is 19.5 Å². The van der Waals surface area contributed by atoms with Crippen molar-refractivity contribution >= 4 is 0 Å². The number of halogens is 1. The Labute approximate surface area is 102 Å². The van der Waals surface area contributed by atoms with Crippen LogP contribution in [0.1, 0.15) is 24.8 Å². The van der Waals surface area contributed by atoms with Crippen LogP contribution in [0.5, 0.6) is 0 Å². The quantitative estimate of drug-likeness (QED) is 0.780. The van der Waals surface area contributed by atoms with Crippen LogP contribution >= 0.6 is 0 Å². The summed E-state index contributed by atoms with van der Waals surface area (Å²) in [5.74, 6) is -0.195. The van der Waals surface area contributed by atoms with Crippen molar-refractivity contribution in [2.24, 2.45) is 5.41 Å². The van der Waals surface area contributed by atoms with Gasteiger partial charge in [-0.1, -0.05) is 12.1 Å². The topological polar surface area (TPSA) is 27.0 Å². The van der Waals surface area contributed by atoms with Crippen molar-refractivity contribution in [1.29, 1.82) is 5.26 Å². The zero-order chi connectivity index (χ0) is 12.3. The zero-order valence-corrected chi connectivity index (χ0v) is 10.1. The molecule has 0 atom stereocenters. The molecule has 17 heavy (non-hydrogen) atoms. The molecule has 0 saturated heterocycles. The van der Waals surface area contributed by atoms with E-state index < -0.39 is 0 Å². The number of benzene rings is 1. The lowest BCUT2D eigenvalue weighted by molar-refractivity contribution is 0.257. The van der Waals surface area contributed by atoms with Gasteiger partial charge in [0.2, 0.25) is 0 Å². The zero-order valence-electron chi connectivity index (χ0n) is 10.1. The van der Waals surface area contributed by atoms with Gasteiger partial charge in [-0.2, -0.15) is 5.26 Å². The molecule has 0 radical (unpaired) electrons. The SMILES string of the molecule is CN(Cc1ccc(F)cc1)CC1(CC#N)CC1. The molecular formula is C14H17FN2. The molecule has 3 heteroatoms. The Morgan fingerprint density at radius 3 is 2.53 bits per heavy atom. The second-order valence-electron chi connectivity index (χ2n) is 5.13. The average molecular weight is 232 g/mol. The van der Waals surface area contributed by atoms with Crippen molar-refractivity contribution in [2.75, 3.05) is 13.6 Å². The second kappa shape index (κ2) is 4.85. The van der Waals surface area contributed by atoms with Crippen LogP contribution in [0.3, 0.4) is 0 Å². The molecule has 0 spiro atoms. The van der Waals surface area contributed by atoms with E-state index in [1.165, 1.54) is 12.1 Å². The van der Waals surface area contributed by atoms with Gasteiger partial charge in [-0.25, -0.2) is 4.39 Å². The molecule has 0 bridgehead atoms. The number of hydrogen-bond acceptors (Lipinski definition) is 2. The van der Waals surface area contributed by atoms with Crippen molar-refractivity contribution in [3.8, 4) is 6.07 Å². The first-order valence-corrected chi connectivity index (χ1v) is 5.93. The maximum absolute atomic E-state index is 12.8. The lowest BCUT2D eigenvalue weighted by Gasteiger charge is -2.21.